The zero-order valence-corrected chi connectivity index (χ0v) is 11.3. The SMILES string of the molecule is CC(Nc1cccc(Cn2ccnc2)c1)c1ccn[nH]1. The molecule has 5 nitrogen and oxygen atoms in total. The second kappa shape index (κ2) is 5.61. The minimum Gasteiger partial charge on any atom is -0.377 e. The molecule has 0 saturated heterocycles. The van der Waals surface area contributed by atoms with Crippen LogP contribution < -0.4 is 5.32 Å². The van der Waals surface area contributed by atoms with E-state index in [1.54, 1.807) is 12.4 Å². The molecule has 0 aliphatic heterocycles. The van der Waals surface area contributed by atoms with Gasteiger partial charge in [0, 0.05) is 30.8 Å². The quantitative estimate of drug-likeness (QED) is 0.747. The molecule has 2 aromatic heterocycles. The van der Waals surface area contributed by atoms with Crippen molar-refractivity contribution in [3.8, 4) is 0 Å². The van der Waals surface area contributed by atoms with Gasteiger partial charge in [-0.1, -0.05) is 12.1 Å². The Morgan fingerprint density at radius 3 is 3.00 bits per heavy atom. The number of hydrogen-bond donors (Lipinski definition) is 2. The third-order valence-electron chi connectivity index (χ3n) is 3.22. The average molecular weight is 267 g/mol. The predicted molar refractivity (Wildman–Crippen MR) is 78.4 cm³/mol. The topological polar surface area (TPSA) is 58.5 Å². The van der Waals surface area contributed by atoms with Crippen LogP contribution in [0.2, 0.25) is 0 Å². The van der Waals surface area contributed by atoms with Crippen LogP contribution in [-0.2, 0) is 6.54 Å². The molecule has 102 valence electrons. The van der Waals surface area contributed by atoms with Gasteiger partial charge in [-0.2, -0.15) is 5.10 Å². The molecule has 5 heteroatoms. The van der Waals surface area contributed by atoms with Crippen LogP contribution in [0.3, 0.4) is 0 Å². The van der Waals surface area contributed by atoms with E-state index in [0.717, 1.165) is 17.9 Å². The summed E-state index contributed by atoms with van der Waals surface area (Å²) in [5.74, 6) is 0. The number of rotatable bonds is 5. The second-order valence-electron chi connectivity index (χ2n) is 4.81. The molecule has 0 amide bonds. The highest BCUT2D eigenvalue weighted by molar-refractivity contribution is 5.47. The van der Waals surface area contributed by atoms with Crippen LogP contribution >= 0.6 is 0 Å². The first-order chi connectivity index (χ1) is 9.81. The van der Waals surface area contributed by atoms with Gasteiger partial charge in [0.1, 0.15) is 0 Å². The van der Waals surface area contributed by atoms with Crippen LogP contribution in [0.1, 0.15) is 24.2 Å². The lowest BCUT2D eigenvalue weighted by molar-refractivity contribution is 0.795. The first-order valence-corrected chi connectivity index (χ1v) is 6.62. The third-order valence-corrected chi connectivity index (χ3v) is 3.22. The minimum absolute atomic E-state index is 0.195. The number of aromatic nitrogens is 4. The lowest BCUT2D eigenvalue weighted by Crippen LogP contribution is -2.07. The summed E-state index contributed by atoms with van der Waals surface area (Å²) in [5, 5.41) is 10.4. The van der Waals surface area contributed by atoms with Gasteiger partial charge in [-0.25, -0.2) is 4.98 Å². The largest absolute Gasteiger partial charge is 0.377 e. The van der Waals surface area contributed by atoms with Gasteiger partial charge in [-0.3, -0.25) is 5.10 Å². The molecule has 0 bridgehead atoms. The number of hydrogen-bond acceptors (Lipinski definition) is 3. The van der Waals surface area contributed by atoms with Crippen LogP contribution in [0.4, 0.5) is 5.69 Å². The van der Waals surface area contributed by atoms with E-state index in [9.17, 15) is 0 Å². The molecule has 3 rings (SSSR count). The van der Waals surface area contributed by atoms with Crippen LogP contribution in [0.25, 0.3) is 0 Å². The van der Waals surface area contributed by atoms with Crippen molar-refractivity contribution in [3.05, 3.63) is 66.5 Å². The second-order valence-corrected chi connectivity index (χ2v) is 4.81. The molecule has 2 heterocycles. The zero-order chi connectivity index (χ0) is 13.8. The van der Waals surface area contributed by atoms with Crippen LogP contribution in [0.5, 0.6) is 0 Å². The summed E-state index contributed by atoms with van der Waals surface area (Å²) in [6.07, 6.45) is 7.35. The van der Waals surface area contributed by atoms with Gasteiger partial charge in [-0.15, -0.1) is 0 Å². The number of nitrogens with zero attached hydrogens (tertiary/aromatic N) is 3. The Balaban J connectivity index is 1.71. The molecular formula is C15H17N5. The Bertz CT molecular complexity index is 643. The molecular weight excluding hydrogens is 250 g/mol. The molecule has 1 aromatic carbocycles. The van der Waals surface area contributed by atoms with Crippen molar-refractivity contribution < 1.29 is 0 Å². The van der Waals surface area contributed by atoms with E-state index in [1.165, 1.54) is 5.56 Å². The number of imidazole rings is 1. The normalized spacial score (nSPS) is 12.2. The van der Waals surface area contributed by atoms with E-state index in [-0.39, 0.29) is 6.04 Å². The lowest BCUT2D eigenvalue weighted by Gasteiger charge is -2.14. The van der Waals surface area contributed by atoms with Gasteiger partial charge in [0.25, 0.3) is 0 Å². The molecule has 0 radical (unpaired) electrons. The number of anilines is 1. The maximum absolute atomic E-state index is 4.06. The fourth-order valence-corrected chi connectivity index (χ4v) is 2.19. The van der Waals surface area contributed by atoms with Crippen molar-refractivity contribution in [1.82, 2.24) is 19.7 Å². The maximum atomic E-state index is 4.06. The Morgan fingerprint density at radius 1 is 1.30 bits per heavy atom. The van der Waals surface area contributed by atoms with Crippen LogP contribution in [-0.4, -0.2) is 19.7 Å². The highest BCUT2D eigenvalue weighted by Gasteiger charge is 2.06. The molecule has 1 unspecified atom stereocenters. The van der Waals surface area contributed by atoms with E-state index in [0.29, 0.717) is 0 Å². The van der Waals surface area contributed by atoms with Gasteiger partial charge in [0.05, 0.1) is 18.1 Å². The Labute approximate surface area is 117 Å². The van der Waals surface area contributed by atoms with E-state index in [2.05, 4.69) is 56.3 Å². The van der Waals surface area contributed by atoms with Crippen molar-refractivity contribution in [1.29, 1.82) is 0 Å². The summed E-state index contributed by atoms with van der Waals surface area (Å²) in [4.78, 5) is 4.06. The summed E-state index contributed by atoms with van der Waals surface area (Å²) < 4.78 is 2.05. The first kappa shape index (κ1) is 12.5. The van der Waals surface area contributed by atoms with E-state index < -0.39 is 0 Å². The van der Waals surface area contributed by atoms with Gasteiger partial charge in [0.2, 0.25) is 0 Å². The maximum Gasteiger partial charge on any atom is 0.0949 e. The number of aromatic amines is 1. The third kappa shape index (κ3) is 2.88. The summed E-state index contributed by atoms with van der Waals surface area (Å²) in [5.41, 5.74) is 3.42. The van der Waals surface area contributed by atoms with E-state index in [4.69, 9.17) is 0 Å². The van der Waals surface area contributed by atoms with Crippen molar-refractivity contribution >= 4 is 5.69 Å². The number of benzene rings is 1. The molecule has 0 saturated carbocycles. The zero-order valence-electron chi connectivity index (χ0n) is 11.3. The smallest absolute Gasteiger partial charge is 0.0949 e. The Hall–Kier alpha value is -2.56. The van der Waals surface area contributed by atoms with Gasteiger partial charge >= 0.3 is 0 Å². The van der Waals surface area contributed by atoms with Crippen LogP contribution in [0, 0.1) is 0 Å². The molecule has 20 heavy (non-hydrogen) atoms. The standard InChI is InChI=1S/C15H17N5/c1-12(15-5-6-17-19-15)18-14-4-2-3-13(9-14)10-20-8-7-16-11-20/h2-9,11-12,18H,10H2,1H3,(H,17,19). The molecule has 0 aliphatic carbocycles. The fourth-order valence-electron chi connectivity index (χ4n) is 2.19. The van der Waals surface area contributed by atoms with Crippen molar-refractivity contribution in [3.63, 3.8) is 0 Å². The summed E-state index contributed by atoms with van der Waals surface area (Å²) >= 11 is 0. The molecule has 2 N–H and O–H groups in total. The van der Waals surface area contributed by atoms with E-state index >= 15 is 0 Å². The van der Waals surface area contributed by atoms with Gasteiger partial charge < -0.3 is 9.88 Å². The molecule has 0 aliphatic rings. The number of H-pyrrole nitrogens is 1. The van der Waals surface area contributed by atoms with Crippen molar-refractivity contribution in [2.24, 2.45) is 0 Å². The summed E-state index contributed by atoms with van der Waals surface area (Å²) in [7, 11) is 0. The molecule has 0 fully saturated rings. The molecule has 3 aromatic rings. The summed E-state index contributed by atoms with van der Waals surface area (Å²) in [6.45, 7) is 2.93. The Morgan fingerprint density at radius 2 is 2.25 bits per heavy atom. The average Bonchev–Trinajstić information content (AvgIpc) is 3.12. The highest BCUT2D eigenvalue weighted by Crippen LogP contribution is 2.18. The molecule has 0 spiro atoms. The van der Waals surface area contributed by atoms with Crippen molar-refractivity contribution in [2.75, 3.05) is 5.32 Å². The minimum atomic E-state index is 0.195. The Kier molecular flexibility index (Phi) is 3.50. The van der Waals surface area contributed by atoms with E-state index in [1.807, 2.05) is 18.6 Å². The molecule has 1 atom stereocenters. The first-order valence-electron chi connectivity index (χ1n) is 6.62. The fraction of sp³-hybridized carbons (Fsp3) is 0.200. The van der Waals surface area contributed by atoms with Crippen molar-refractivity contribution in [2.45, 2.75) is 19.5 Å². The highest BCUT2D eigenvalue weighted by atomic mass is 15.1. The lowest BCUT2D eigenvalue weighted by atomic mass is 10.1. The van der Waals surface area contributed by atoms with Crippen LogP contribution in [0.15, 0.2) is 55.2 Å². The summed E-state index contributed by atoms with van der Waals surface area (Å²) in [6, 6.07) is 10.6. The predicted octanol–water partition coefficient (Wildman–Crippen LogP) is 2.83. The monoisotopic (exact) mass is 267 g/mol. The number of nitrogens with one attached hydrogen (secondary N) is 2. The van der Waals surface area contributed by atoms with Gasteiger partial charge in [0.15, 0.2) is 0 Å². The van der Waals surface area contributed by atoms with Gasteiger partial charge in [-0.05, 0) is 30.7 Å².